The SMILES string of the molecule is [H-].[Li+].c1ccccc1. The molecule has 0 nitrogen and oxygen atoms in total. The molecule has 32 valence electrons. The monoisotopic (exact) mass is 86.1 g/mol. The molecule has 0 aliphatic heterocycles. The average molecular weight is 86.1 g/mol. The van der Waals surface area contributed by atoms with E-state index >= 15 is 0 Å². The Labute approximate surface area is 57.2 Å². The molecule has 0 amide bonds. The molecule has 0 unspecified atom stereocenters. The van der Waals surface area contributed by atoms with Gasteiger partial charge in [0.15, 0.2) is 0 Å². The van der Waals surface area contributed by atoms with Gasteiger partial charge in [-0.1, -0.05) is 36.4 Å². The predicted octanol–water partition coefficient (Wildman–Crippen LogP) is -1.20. The minimum absolute atomic E-state index is 0. The number of benzene rings is 1. The van der Waals surface area contributed by atoms with Crippen LogP contribution in [0.15, 0.2) is 36.4 Å². The molecular formula is C6H7Li. The minimum Gasteiger partial charge on any atom is -1.00 e. The molecule has 0 aliphatic carbocycles. The maximum absolute atomic E-state index is 2.00. The van der Waals surface area contributed by atoms with Gasteiger partial charge >= 0.3 is 18.9 Å². The Morgan fingerprint density at radius 2 is 0.714 bits per heavy atom. The van der Waals surface area contributed by atoms with E-state index in [1.807, 2.05) is 36.4 Å². The van der Waals surface area contributed by atoms with E-state index in [9.17, 15) is 0 Å². The standard InChI is InChI=1S/C6H6.Li.H/c1-2-4-6-5-3-1;;/h1-6H;;/q;+1;-1. The molecule has 1 heteroatoms. The second-order valence-electron chi connectivity index (χ2n) is 1.15. The van der Waals surface area contributed by atoms with Crippen LogP contribution >= 0.6 is 0 Å². The Kier molecular flexibility index (Phi) is 3.89. The van der Waals surface area contributed by atoms with Gasteiger partial charge in [0.1, 0.15) is 0 Å². The average Bonchev–Trinajstić information content (AvgIpc) is 1.72. The van der Waals surface area contributed by atoms with Crippen LogP contribution < -0.4 is 18.9 Å². The van der Waals surface area contributed by atoms with Crippen molar-refractivity contribution in [1.82, 2.24) is 0 Å². The molecule has 0 atom stereocenters. The van der Waals surface area contributed by atoms with Crippen LogP contribution in [-0.2, 0) is 0 Å². The van der Waals surface area contributed by atoms with Crippen molar-refractivity contribution in [1.29, 1.82) is 0 Å². The Bertz CT molecular complexity index is 80.5. The molecule has 7 heavy (non-hydrogen) atoms. The first-order chi connectivity index (χ1) is 3.00. The molecule has 0 bridgehead atoms. The summed E-state index contributed by atoms with van der Waals surface area (Å²) >= 11 is 0. The van der Waals surface area contributed by atoms with Gasteiger partial charge in [0.05, 0.1) is 0 Å². The molecule has 1 aromatic carbocycles. The summed E-state index contributed by atoms with van der Waals surface area (Å²) in [5, 5.41) is 0. The van der Waals surface area contributed by atoms with Crippen LogP contribution in [0, 0.1) is 0 Å². The number of hydrogen-bond donors (Lipinski definition) is 0. The fourth-order valence-corrected chi connectivity index (χ4v) is 0.385. The van der Waals surface area contributed by atoms with Crippen molar-refractivity contribution in [3.63, 3.8) is 0 Å². The van der Waals surface area contributed by atoms with Crippen molar-refractivity contribution in [3.05, 3.63) is 36.4 Å². The molecule has 0 N–H and O–H groups in total. The van der Waals surface area contributed by atoms with Gasteiger partial charge in [-0.15, -0.1) is 0 Å². The number of hydrogen-bond acceptors (Lipinski definition) is 0. The largest absolute Gasteiger partial charge is 1.00 e. The molecule has 1 aromatic rings. The van der Waals surface area contributed by atoms with Crippen molar-refractivity contribution in [3.8, 4) is 0 Å². The maximum Gasteiger partial charge on any atom is 1.00 e. The Morgan fingerprint density at radius 3 is 0.857 bits per heavy atom. The zero-order valence-electron chi connectivity index (χ0n) is 5.46. The molecule has 0 aromatic heterocycles. The van der Waals surface area contributed by atoms with Gasteiger partial charge in [0.25, 0.3) is 0 Å². The normalized spacial score (nSPS) is 6.86. The summed E-state index contributed by atoms with van der Waals surface area (Å²) < 4.78 is 0. The summed E-state index contributed by atoms with van der Waals surface area (Å²) in [6, 6.07) is 12.0. The summed E-state index contributed by atoms with van der Waals surface area (Å²) in [6.45, 7) is 0. The first-order valence-corrected chi connectivity index (χ1v) is 2.00. The van der Waals surface area contributed by atoms with Gasteiger partial charge in [-0.05, 0) is 0 Å². The van der Waals surface area contributed by atoms with Crippen LogP contribution in [0.4, 0.5) is 0 Å². The van der Waals surface area contributed by atoms with Gasteiger partial charge in [-0.3, -0.25) is 0 Å². The summed E-state index contributed by atoms with van der Waals surface area (Å²) in [4.78, 5) is 0. The molecular weight excluding hydrogens is 79.0 g/mol. The van der Waals surface area contributed by atoms with Crippen molar-refractivity contribution < 1.29 is 20.3 Å². The van der Waals surface area contributed by atoms with Crippen LogP contribution in [0.5, 0.6) is 0 Å². The van der Waals surface area contributed by atoms with Crippen molar-refractivity contribution in [2.75, 3.05) is 0 Å². The van der Waals surface area contributed by atoms with Crippen molar-refractivity contribution in [2.45, 2.75) is 0 Å². The summed E-state index contributed by atoms with van der Waals surface area (Å²) in [5.41, 5.74) is 0. The zero-order chi connectivity index (χ0) is 4.24. The second-order valence-corrected chi connectivity index (χ2v) is 1.15. The molecule has 0 saturated heterocycles. The fourth-order valence-electron chi connectivity index (χ4n) is 0.385. The smallest absolute Gasteiger partial charge is 1.00 e. The zero-order valence-corrected chi connectivity index (χ0v) is 4.46. The summed E-state index contributed by atoms with van der Waals surface area (Å²) in [7, 11) is 0. The molecule has 0 aliphatic rings. The van der Waals surface area contributed by atoms with E-state index in [4.69, 9.17) is 0 Å². The summed E-state index contributed by atoms with van der Waals surface area (Å²) in [6.07, 6.45) is 0. The van der Waals surface area contributed by atoms with Gasteiger partial charge in [-0.2, -0.15) is 0 Å². The molecule has 0 heterocycles. The molecule has 0 radical (unpaired) electrons. The first-order valence-electron chi connectivity index (χ1n) is 2.00. The van der Waals surface area contributed by atoms with E-state index in [1.54, 1.807) is 0 Å². The molecule has 0 fully saturated rings. The third-order valence-electron chi connectivity index (χ3n) is 0.667. The van der Waals surface area contributed by atoms with Crippen LogP contribution in [0.2, 0.25) is 0 Å². The summed E-state index contributed by atoms with van der Waals surface area (Å²) in [5.74, 6) is 0. The predicted molar refractivity (Wildman–Crippen MR) is 27.6 cm³/mol. The Balaban J connectivity index is 0. The first kappa shape index (κ1) is 6.82. The van der Waals surface area contributed by atoms with Crippen LogP contribution in [0.3, 0.4) is 0 Å². The van der Waals surface area contributed by atoms with E-state index in [1.165, 1.54) is 0 Å². The van der Waals surface area contributed by atoms with Gasteiger partial charge in [0, 0.05) is 0 Å². The number of rotatable bonds is 0. The van der Waals surface area contributed by atoms with Crippen molar-refractivity contribution in [2.24, 2.45) is 0 Å². The topological polar surface area (TPSA) is 0 Å². The van der Waals surface area contributed by atoms with Gasteiger partial charge < -0.3 is 1.43 Å². The quantitative estimate of drug-likeness (QED) is 0.348. The third kappa shape index (κ3) is 2.50. The minimum atomic E-state index is 0. The van der Waals surface area contributed by atoms with E-state index in [0.29, 0.717) is 0 Å². The van der Waals surface area contributed by atoms with E-state index < -0.39 is 0 Å². The fraction of sp³-hybridized carbons (Fsp3) is 0. The van der Waals surface area contributed by atoms with Gasteiger partial charge in [-0.25, -0.2) is 0 Å². The van der Waals surface area contributed by atoms with Crippen molar-refractivity contribution >= 4 is 0 Å². The molecule has 1 rings (SSSR count). The van der Waals surface area contributed by atoms with E-state index in [0.717, 1.165) is 0 Å². The van der Waals surface area contributed by atoms with Crippen LogP contribution in [-0.4, -0.2) is 0 Å². The Morgan fingerprint density at radius 1 is 0.571 bits per heavy atom. The van der Waals surface area contributed by atoms with Crippen LogP contribution in [0.1, 0.15) is 1.43 Å². The third-order valence-corrected chi connectivity index (χ3v) is 0.667. The Hall–Kier alpha value is -0.183. The maximum atomic E-state index is 2.00. The molecule has 0 spiro atoms. The van der Waals surface area contributed by atoms with Crippen LogP contribution in [0.25, 0.3) is 0 Å². The van der Waals surface area contributed by atoms with E-state index in [2.05, 4.69) is 0 Å². The van der Waals surface area contributed by atoms with Gasteiger partial charge in [0.2, 0.25) is 0 Å². The molecule has 0 saturated carbocycles. The van der Waals surface area contributed by atoms with E-state index in [-0.39, 0.29) is 20.3 Å². The second kappa shape index (κ2) is 3.99.